The van der Waals surface area contributed by atoms with Gasteiger partial charge in [0, 0.05) is 0 Å². The molecule has 3 aromatic carbocycles. The number of methoxy groups -OCH3 is 2. The van der Waals surface area contributed by atoms with Gasteiger partial charge in [-0.25, -0.2) is 0 Å². The van der Waals surface area contributed by atoms with Gasteiger partial charge in [-0.05, 0) is 35.4 Å². The summed E-state index contributed by atoms with van der Waals surface area (Å²) in [4.78, 5) is 12.5. The zero-order chi connectivity index (χ0) is 21.2. The number of nitrogens with one attached hydrogen (secondary N) is 2. The third-order valence-corrected chi connectivity index (χ3v) is 4.47. The predicted octanol–water partition coefficient (Wildman–Crippen LogP) is 3.88. The summed E-state index contributed by atoms with van der Waals surface area (Å²) in [5, 5.41) is 7.46. The highest BCUT2D eigenvalue weighted by Crippen LogP contribution is 2.27. The normalized spacial score (nSPS) is 10.9. The van der Waals surface area contributed by atoms with E-state index in [1.54, 1.807) is 20.3 Å². The van der Waals surface area contributed by atoms with E-state index in [-0.39, 0.29) is 12.3 Å². The van der Waals surface area contributed by atoms with E-state index >= 15 is 0 Å². The van der Waals surface area contributed by atoms with Crippen LogP contribution >= 0.6 is 0 Å². The number of hydrazone groups is 1. The van der Waals surface area contributed by atoms with E-state index in [2.05, 4.69) is 15.8 Å². The van der Waals surface area contributed by atoms with E-state index in [1.807, 2.05) is 72.8 Å². The highest BCUT2D eigenvalue weighted by molar-refractivity contribution is 6.03. The van der Waals surface area contributed by atoms with Gasteiger partial charge >= 0.3 is 0 Å². The SMILES string of the molecule is COc1ccc(CC(=O)NCC(=NNc2ccccc2)c2ccccc2)cc1OC. The summed E-state index contributed by atoms with van der Waals surface area (Å²) in [5.41, 5.74) is 6.44. The van der Waals surface area contributed by atoms with Crippen LogP contribution in [-0.4, -0.2) is 32.4 Å². The molecule has 154 valence electrons. The second-order valence-electron chi connectivity index (χ2n) is 6.55. The minimum atomic E-state index is -0.106. The van der Waals surface area contributed by atoms with Gasteiger partial charge in [-0.2, -0.15) is 5.10 Å². The summed E-state index contributed by atoms with van der Waals surface area (Å²) in [7, 11) is 3.15. The molecule has 0 bridgehead atoms. The molecular formula is C24H25N3O3. The van der Waals surface area contributed by atoms with Crippen LogP contribution in [0, 0.1) is 0 Å². The van der Waals surface area contributed by atoms with Gasteiger partial charge in [0.2, 0.25) is 5.91 Å². The number of carbonyl (C=O) groups is 1. The average molecular weight is 403 g/mol. The van der Waals surface area contributed by atoms with Crippen LogP contribution in [0.4, 0.5) is 5.69 Å². The molecule has 0 aromatic heterocycles. The van der Waals surface area contributed by atoms with Crippen LogP contribution in [0.2, 0.25) is 0 Å². The van der Waals surface area contributed by atoms with Crippen molar-refractivity contribution in [2.75, 3.05) is 26.2 Å². The van der Waals surface area contributed by atoms with Crippen molar-refractivity contribution in [2.24, 2.45) is 5.10 Å². The molecule has 0 saturated carbocycles. The first kappa shape index (κ1) is 20.9. The van der Waals surface area contributed by atoms with Gasteiger partial charge in [-0.15, -0.1) is 0 Å². The number of hydrogen-bond acceptors (Lipinski definition) is 5. The molecule has 1 amide bonds. The number of hydrogen-bond donors (Lipinski definition) is 2. The van der Waals surface area contributed by atoms with Crippen LogP contribution in [0.3, 0.4) is 0 Å². The fraction of sp³-hybridized carbons (Fsp3) is 0.167. The maximum Gasteiger partial charge on any atom is 0.224 e. The van der Waals surface area contributed by atoms with Gasteiger partial charge in [0.15, 0.2) is 11.5 Å². The van der Waals surface area contributed by atoms with E-state index in [9.17, 15) is 4.79 Å². The summed E-state index contributed by atoms with van der Waals surface area (Å²) in [5.74, 6) is 1.12. The van der Waals surface area contributed by atoms with Crippen molar-refractivity contribution in [3.8, 4) is 11.5 Å². The van der Waals surface area contributed by atoms with E-state index in [0.717, 1.165) is 22.5 Å². The minimum absolute atomic E-state index is 0.106. The van der Waals surface area contributed by atoms with Crippen LogP contribution in [0.1, 0.15) is 11.1 Å². The minimum Gasteiger partial charge on any atom is -0.493 e. The van der Waals surface area contributed by atoms with E-state index in [4.69, 9.17) is 9.47 Å². The second-order valence-corrected chi connectivity index (χ2v) is 6.55. The highest BCUT2D eigenvalue weighted by atomic mass is 16.5. The third kappa shape index (κ3) is 5.85. The Hall–Kier alpha value is -3.80. The topological polar surface area (TPSA) is 72.0 Å². The van der Waals surface area contributed by atoms with E-state index in [0.29, 0.717) is 18.0 Å². The molecule has 0 spiro atoms. The second kappa shape index (κ2) is 10.7. The van der Waals surface area contributed by atoms with Crippen molar-refractivity contribution in [1.29, 1.82) is 0 Å². The Morgan fingerprint density at radius 1 is 0.867 bits per heavy atom. The van der Waals surface area contributed by atoms with Crippen molar-refractivity contribution >= 4 is 17.3 Å². The maximum absolute atomic E-state index is 12.5. The molecule has 0 aliphatic carbocycles. The van der Waals surface area contributed by atoms with Gasteiger partial charge in [0.05, 0.1) is 38.6 Å². The monoisotopic (exact) mass is 403 g/mol. The molecular weight excluding hydrogens is 378 g/mol. The number of rotatable bonds is 9. The molecule has 0 aliphatic rings. The van der Waals surface area contributed by atoms with Crippen LogP contribution in [0.25, 0.3) is 0 Å². The van der Waals surface area contributed by atoms with Gasteiger partial charge in [-0.3, -0.25) is 10.2 Å². The lowest BCUT2D eigenvalue weighted by Gasteiger charge is -2.11. The molecule has 0 atom stereocenters. The predicted molar refractivity (Wildman–Crippen MR) is 119 cm³/mol. The number of amides is 1. The Morgan fingerprint density at radius 3 is 2.20 bits per heavy atom. The van der Waals surface area contributed by atoms with Gasteiger partial charge in [0.25, 0.3) is 0 Å². The Morgan fingerprint density at radius 2 is 1.53 bits per heavy atom. The van der Waals surface area contributed by atoms with Crippen molar-refractivity contribution in [2.45, 2.75) is 6.42 Å². The van der Waals surface area contributed by atoms with Crippen LogP contribution in [-0.2, 0) is 11.2 Å². The Labute approximate surface area is 176 Å². The largest absolute Gasteiger partial charge is 0.493 e. The summed E-state index contributed by atoms with van der Waals surface area (Å²) < 4.78 is 10.5. The third-order valence-electron chi connectivity index (χ3n) is 4.47. The fourth-order valence-electron chi connectivity index (χ4n) is 2.90. The van der Waals surface area contributed by atoms with Gasteiger partial charge in [0.1, 0.15) is 0 Å². The molecule has 6 heteroatoms. The van der Waals surface area contributed by atoms with Crippen molar-refractivity contribution in [3.05, 3.63) is 90.0 Å². The molecule has 3 aromatic rings. The maximum atomic E-state index is 12.5. The smallest absolute Gasteiger partial charge is 0.224 e. The van der Waals surface area contributed by atoms with Gasteiger partial charge in [-0.1, -0.05) is 54.6 Å². The zero-order valence-electron chi connectivity index (χ0n) is 17.1. The molecule has 6 nitrogen and oxygen atoms in total. The van der Waals surface area contributed by atoms with E-state index in [1.165, 1.54) is 0 Å². The zero-order valence-corrected chi connectivity index (χ0v) is 17.1. The standard InChI is InChI=1S/C24H25N3O3/c1-29-22-14-13-18(15-23(22)30-2)16-24(28)25-17-21(19-9-5-3-6-10-19)27-26-20-11-7-4-8-12-20/h3-15,26H,16-17H2,1-2H3,(H,25,28). The Balaban J connectivity index is 1.67. The van der Waals surface area contributed by atoms with Crippen molar-refractivity contribution < 1.29 is 14.3 Å². The van der Waals surface area contributed by atoms with Crippen molar-refractivity contribution in [3.63, 3.8) is 0 Å². The molecule has 0 fully saturated rings. The molecule has 0 unspecified atom stereocenters. The lowest BCUT2D eigenvalue weighted by molar-refractivity contribution is -0.120. The summed E-state index contributed by atoms with van der Waals surface area (Å²) in [6, 6.07) is 24.9. The first-order valence-corrected chi connectivity index (χ1v) is 9.60. The number of ether oxygens (including phenoxy) is 2. The first-order valence-electron chi connectivity index (χ1n) is 9.60. The highest BCUT2D eigenvalue weighted by Gasteiger charge is 2.10. The summed E-state index contributed by atoms with van der Waals surface area (Å²) in [6.45, 7) is 0.302. The van der Waals surface area contributed by atoms with Crippen molar-refractivity contribution in [1.82, 2.24) is 5.32 Å². The quantitative estimate of drug-likeness (QED) is 0.420. The summed E-state index contributed by atoms with van der Waals surface area (Å²) in [6.07, 6.45) is 0.231. The van der Waals surface area contributed by atoms with E-state index < -0.39 is 0 Å². The lowest BCUT2D eigenvalue weighted by Crippen LogP contribution is -2.31. The molecule has 2 N–H and O–H groups in total. The van der Waals surface area contributed by atoms with Crippen LogP contribution < -0.4 is 20.2 Å². The van der Waals surface area contributed by atoms with Gasteiger partial charge < -0.3 is 14.8 Å². The number of benzene rings is 3. The molecule has 3 rings (SSSR count). The number of carbonyl (C=O) groups excluding carboxylic acids is 1. The number of nitrogens with zero attached hydrogens (tertiary/aromatic N) is 1. The molecule has 0 aliphatic heterocycles. The van der Waals surface area contributed by atoms with Crippen LogP contribution in [0.5, 0.6) is 11.5 Å². The number of anilines is 1. The molecule has 0 radical (unpaired) electrons. The molecule has 0 heterocycles. The first-order chi connectivity index (χ1) is 14.7. The summed E-state index contributed by atoms with van der Waals surface area (Å²) >= 11 is 0. The molecule has 30 heavy (non-hydrogen) atoms. The van der Waals surface area contributed by atoms with Crippen LogP contribution in [0.15, 0.2) is 84.0 Å². The lowest BCUT2D eigenvalue weighted by atomic mass is 10.1. The number of para-hydroxylation sites is 1. The Bertz CT molecular complexity index is 989. The average Bonchev–Trinajstić information content (AvgIpc) is 2.80. The molecule has 0 saturated heterocycles. The fourth-order valence-corrected chi connectivity index (χ4v) is 2.90. The Kier molecular flexibility index (Phi) is 7.44.